The number of hydrogen-bond acceptors (Lipinski definition) is 3. The zero-order valence-corrected chi connectivity index (χ0v) is 16.0. The molecule has 0 aliphatic carbocycles. The Kier molecular flexibility index (Phi) is 4.74. The predicted molar refractivity (Wildman–Crippen MR) is 102 cm³/mol. The van der Waals surface area contributed by atoms with Crippen LogP contribution in [0.3, 0.4) is 0 Å². The highest BCUT2D eigenvalue weighted by atomic mass is 32.2. The highest BCUT2D eigenvalue weighted by Crippen LogP contribution is 2.33. The molecule has 0 atom stereocenters. The van der Waals surface area contributed by atoms with Crippen LogP contribution in [0.15, 0.2) is 58.2 Å². The van der Waals surface area contributed by atoms with Gasteiger partial charge in [-0.1, -0.05) is 18.2 Å². The van der Waals surface area contributed by atoms with E-state index in [9.17, 15) is 26.4 Å². The van der Waals surface area contributed by atoms with E-state index in [1.54, 1.807) is 18.2 Å². The quantitative estimate of drug-likeness (QED) is 0.699. The lowest BCUT2D eigenvalue weighted by Crippen LogP contribution is -2.41. The third kappa shape index (κ3) is 3.79. The molecule has 1 saturated heterocycles. The number of halogens is 3. The number of fused-ring (bicyclic) bond motifs is 1. The SMILES string of the molecule is O=c1cc(C(F)(F)F)c2cc(Cc3ccc(S(=O)(=O)N4CCC4)cc3)ccc2[nH]1. The van der Waals surface area contributed by atoms with Crippen LogP contribution in [0.5, 0.6) is 0 Å². The fourth-order valence-electron chi connectivity index (χ4n) is 3.34. The van der Waals surface area contributed by atoms with Crippen LogP contribution < -0.4 is 5.56 Å². The summed E-state index contributed by atoms with van der Waals surface area (Å²) in [5, 5.41) is -0.0772. The lowest BCUT2D eigenvalue weighted by Gasteiger charge is -2.29. The molecule has 4 rings (SSSR count). The van der Waals surface area contributed by atoms with Crippen molar-refractivity contribution in [2.75, 3.05) is 13.1 Å². The van der Waals surface area contributed by atoms with Crippen molar-refractivity contribution in [3.63, 3.8) is 0 Å². The molecule has 29 heavy (non-hydrogen) atoms. The molecule has 3 aromatic rings. The van der Waals surface area contributed by atoms with Crippen molar-refractivity contribution in [3.05, 3.63) is 75.6 Å². The normalized spacial score (nSPS) is 15.4. The summed E-state index contributed by atoms with van der Waals surface area (Å²) < 4.78 is 66.1. The van der Waals surface area contributed by atoms with Gasteiger partial charge in [0.25, 0.3) is 0 Å². The largest absolute Gasteiger partial charge is 0.417 e. The van der Waals surface area contributed by atoms with Crippen LogP contribution in [-0.4, -0.2) is 30.8 Å². The average Bonchev–Trinajstić information content (AvgIpc) is 2.59. The Hall–Kier alpha value is -2.65. The lowest BCUT2D eigenvalue weighted by atomic mass is 10.0. The molecule has 9 heteroatoms. The van der Waals surface area contributed by atoms with Gasteiger partial charge in [0.1, 0.15) is 0 Å². The van der Waals surface area contributed by atoms with Gasteiger partial charge in [-0.3, -0.25) is 4.79 Å². The van der Waals surface area contributed by atoms with Crippen molar-refractivity contribution in [3.8, 4) is 0 Å². The molecule has 0 saturated carbocycles. The zero-order chi connectivity index (χ0) is 20.8. The number of H-pyrrole nitrogens is 1. The Morgan fingerprint density at radius 3 is 2.21 bits per heavy atom. The molecule has 1 aliphatic rings. The maximum atomic E-state index is 13.3. The van der Waals surface area contributed by atoms with Crippen molar-refractivity contribution in [1.29, 1.82) is 0 Å². The van der Waals surface area contributed by atoms with Gasteiger partial charge in [-0.15, -0.1) is 0 Å². The highest BCUT2D eigenvalue weighted by molar-refractivity contribution is 7.89. The minimum Gasteiger partial charge on any atom is -0.322 e. The first kappa shape index (κ1) is 19.7. The Balaban J connectivity index is 1.64. The van der Waals surface area contributed by atoms with Crippen molar-refractivity contribution in [2.45, 2.75) is 23.9 Å². The van der Waals surface area contributed by atoms with Crippen LogP contribution in [0, 0.1) is 0 Å². The zero-order valence-electron chi connectivity index (χ0n) is 15.2. The predicted octanol–water partition coefficient (Wildman–Crippen LogP) is 3.53. The second-order valence-corrected chi connectivity index (χ2v) is 8.94. The van der Waals surface area contributed by atoms with Crippen LogP contribution in [0.2, 0.25) is 0 Å². The van der Waals surface area contributed by atoms with Crippen molar-refractivity contribution >= 4 is 20.9 Å². The molecule has 0 radical (unpaired) electrons. The summed E-state index contributed by atoms with van der Waals surface area (Å²) in [6.45, 7) is 1.04. The minimum absolute atomic E-state index is 0.0772. The molecule has 152 valence electrons. The first-order valence-electron chi connectivity index (χ1n) is 8.97. The third-order valence-corrected chi connectivity index (χ3v) is 6.91. The van der Waals surface area contributed by atoms with Gasteiger partial charge < -0.3 is 4.98 Å². The Morgan fingerprint density at radius 2 is 1.62 bits per heavy atom. The molecule has 0 bridgehead atoms. The number of sulfonamides is 1. The van der Waals surface area contributed by atoms with E-state index in [0.29, 0.717) is 31.1 Å². The fraction of sp³-hybridized carbons (Fsp3) is 0.250. The summed E-state index contributed by atoms with van der Waals surface area (Å²) >= 11 is 0. The van der Waals surface area contributed by atoms with E-state index in [0.717, 1.165) is 12.0 Å². The first-order valence-corrected chi connectivity index (χ1v) is 10.4. The number of aromatic amines is 1. The first-order chi connectivity index (χ1) is 13.6. The van der Waals surface area contributed by atoms with Gasteiger partial charge in [-0.2, -0.15) is 17.5 Å². The number of aromatic nitrogens is 1. The summed E-state index contributed by atoms with van der Waals surface area (Å²) in [5.74, 6) is 0. The van der Waals surface area contributed by atoms with Crippen LogP contribution in [-0.2, 0) is 22.6 Å². The second-order valence-electron chi connectivity index (χ2n) is 7.00. The van der Waals surface area contributed by atoms with Crippen molar-refractivity contribution in [1.82, 2.24) is 9.29 Å². The van der Waals surface area contributed by atoms with E-state index in [4.69, 9.17) is 0 Å². The van der Waals surface area contributed by atoms with E-state index in [1.165, 1.54) is 28.6 Å². The number of nitrogens with zero attached hydrogens (tertiary/aromatic N) is 1. The standard InChI is InChI=1S/C20H17F3N2O3S/c21-20(22,23)17-12-19(26)24-18-7-4-14(11-16(17)18)10-13-2-5-15(6-3-13)29(27,28)25-8-1-9-25/h2-7,11-12H,1,8-10H2,(H,24,26). The summed E-state index contributed by atoms with van der Waals surface area (Å²) in [6.07, 6.45) is -3.46. The Morgan fingerprint density at radius 1 is 0.966 bits per heavy atom. The topological polar surface area (TPSA) is 70.2 Å². The Labute approximate surface area is 164 Å². The third-order valence-electron chi connectivity index (χ3n) is 5.00. The smallest absolute Gasteiger partial charge is 0.322 e. The molecular formula is C20H17F3N2O3S. The Bertz CT molecular complexity index is 1230. The van der Waals surface area contributed by atoms with Gasteiger partial charge >= 0.3 is 6.18 Å². The lowest BCUT2D eigenvalue weighted by molar-refractivity contribution is -0.136. The molecule has 0 amide bonds. The molecule has 5 nitrogen and oxygen atoms in total. The maximum Gasteiger partial charge on any atom is 0.417 e. The molecule has 1 fully saturated rings. The summed E-state index contributed by atoms with van der Waals surface area (Å²) in [5.41, 5.74) is -0.284. The monoisotopic (exact) mass is 422 g/mol. The van der Waals surface area contributed by atoms with Crippen LogP contribution in [0.4, 0.5) is 13.2 Å². The van der Waals surface area contributed by atoms with Crippen molar-refractivity contribution in [2.24, 2.45) is 0 Å². The van der Waals surface area contributed by atoms with E-state index >= 15 is 0 Å². The highest BCUT2D eigenvalue weighted by Gasteiger charge is 2.33. The van der Waals surface area contributed by atoms with Gasteiger partial charge in [-0.25, -0.2) is 8.42 Å². The minimum atomic E-state index is -4.64. The van der Waals surface area contributed by atoms with E-state index < -0.39 is 27.3 Å². The van der Waals surface area contributed by atoms with E-state index in [2.05, 4.69) is 4.98 Å². The van der Waals surface area contributed by atoms with Crippen LogP contribution >= 0.6 is 0 Å². The molecule has 2 aromatic carbocycles. The summed E-state index contributed by atoms with van der Waals surface area (Å²) in [7, 11) is -3.47. The molecule has 0 spiro atoms. The molecule has 0 unspecified atom stereocenters. The number of hydrogen-bond donors (Lipinski definition) is 1. The van der Waals surface area contributed by atoms with Gasteiger partial charge in [-0.05, 0) is 48.2 Å². The van der Waals surface area contributed by atoms with E-state index in [-0.39, 0.29) is 15.8 Å². The second kappa shape index (κ2) is 7.00. The molecule has 1 aromatic heterocycles. The van der Waals surface area contributed by atoms with Gasteiger partial charge in [0.15, 0.2) is 0 Å². The number of benzene rings is 2. The van der Waals surface area contributed by atoms with Crippen LogP contribution in [0.25, 0.3) is 10.9 Å². The molecule has 1 N–H and O–H groups in total. The molecular weight excluding hydrogens is 405 g/mol. The number of pyridine rings is 1. The summed E-state index contributed by atoms with van der Waals surface area (Å²) in [4.78, 5) is 14.1. The average molecular weight is 422 g/mol. The van der Waals surface area contributed by atoms with Gasteiger partial charge in [0.2, 0.25) is 15.6 Å². The summed E-state index contributed by atoms with van der Waals surface area (Å²) in [6, 6.07) is 11.4. The molecule has 2 heterocycles. The fourth-order valence-corrected chi connectivity index (χ4v) is 4.85. The van der Waals surface area contributed by atoms with E-state index in [1.807, 2.05) is 0 Å². The number of alkyl halides is 3. The van der Waals surface area contributed by atoms with Crippen molar-refractivity contribution < 1.29 is 21.6 Å². The molecule has 1 aliphatic heterocycles. The van der Waals surface area contributed by atoms with Gasteiger partial charge in [0, 0.05) is 30.1 Å². The number of rotatable bonds is 4. The van der Waals surface area contributed by atoms with Crippen LogP contribution in [0.1, 0.15) is 23.1 Å². The number of nitrogens with one attached hydrogen (secondary N) is 1. The maximum absolute atomic E-state index is 13.3. The van der Waals surface area contributed by atoms with Gasteiger partial charge in [0.05, 0.1) is 10.5 Å².